The lowest BCUT2D eigenvalue weighted by Gasteiger charge is -2.12. The van der Waals surface area contributed by atoms with E-state index in [4.69, 9.17) is 0 Å². The van der Waals surface area contributed by atoms with Gasteiger partial charge in [0.15, 0.2) is 0 Å². The molecular formula is C17H21NO3S. The second kappa shape index (κ2) is 8.08. The molecule has 118 valence electrons. The Bertz CT molecular complexity index is 657. The summed E-state index contributed by atoms with van der Waals surface area (Å²) in [5.41, 5.74) is 1.79. The van der Waals surface area contributed by atoms with Gasteiger partial charge in [-0.2, -0.15) is 0 Å². The first-order valence-electron chi connectivity index (χ1n) is 7.31. The summed E-state index contributed by atoms with van der Waals surface area (Å²) in [5.74, 6) is 0.0540. The summed E-state index contributed by atoms with van der Waals surface area (Å²) >= 11 is 0. The Hall–Kier alpha value is -1.69. The molecule has 0 fully saturated rings. The molecule has 4 nitrogen and oxygen atoms in total. The minimum atomic E-state index is -3.32. The fourth-order valence-electron chi connectivity index (χ4n) is 2.16. The van der Waals surface area contributed by atoms with Crippen molar-refractivity contribution in [2.45, 2.75) is 18.9 Å². The van der Waals surface area contributed by atoms with E-state index in [-0.39, 0.29) is 12.3 Å². The van der Waals surface area contributed by atoms with Gasteiger partial charge in [0, 0.05) is 6.54 Å². The zero-order chi connectivity index (χ0) is 15.8. The molecule has 0 aliphatic rings. The Morgan fingerprint density at radius 3 is 2.18 bits per heavy atom. The van der Waals surface area contributed by atoms with Crippen LogP contribution in [0.2, 0.25) is 0 Å². The van der Waals surface area contributed by atoms with Crippen LogP contribution in [0, 0.1) is 0 Å². The largest absolute Gasteiger partial charge is 0.388 e. The van der Waals surface area contributed by atoms with Gasteiger partial charge < -0.3 is 5.11 Å². The van der Waals surface area contributed by atoms with E-state index in [0.29, 0.717) is 12.8 Å². The van der Waals surface area contributed by atoms with Gasteiger partial charge in [-0.1, -0.05) is 60.7 Å². The van der Waals surface area contributed by atoms with Crippen LogP contribution in [0.25, 0.3) is 0 Å². The number of aliphatic hydroxyl groups is 1. The van der Waals surface area contributed by atoms with Crippen molar-refractivity contribution < 1.29 is 13.5 Å². The van der Waals surface area contributed by atoms with E-state index in [9.17, 15) is 13.5 Å². The average molecular weight is 319 g/mol. The second-order valence-electron chi connectivity index (χ2n) is 5.16. The SMILES string of the molecule is O=S(=O)(CCc1ccccc1)NCC[C@H](O)c1ccccc1. The smallest absolute Gasteiger partial charge is 0.211 e. The van der Waals surface area contributed by atoms with E-state index in [1.165, 1.54) is 0 Å². The van der Waals surface area contributed by atoms with Crippen molar-refractivity contribution in [1.82, 2.24) is 4.72 Å². The Balaban J connectivity index is 1.75. The topological polar surface area (TPSA) is 66.4 Å². The Labute approximate surface area is 131 Å². The first-order chi connectivity index (χ1) is 10.6. The Morgan fingerprint density at radius 2 is 1.55 bits per heavy atom. The third-order valence-corrected chi connectivity index (χ3v) is 4.81. The van der Waals surface area contributed by atoms with Crippen LogP contribution in [-0.2, 0) is 16.4 Å². The van der Waals surface area contributed by atoms with Crippen molar-refractivity contribution in [2.75, 3.05) is 12.3 Å². The van der Waals surface area contributed by atoms with Gasteiger partial charge in [-0.05, 0) is 24.0 Å². The van der Waals surface area contributed by atoms with E-state index in [0.717, 1.165) is 11.1 Å². The molecule has 0 aliphatic carbocycles. The summed E-state index contributed by atoms with van der Waals surface area (Å²) < 4.78 is 26.4. The molecular weight excluding hydrogens is 298 g/mol. The lowest BCUT2D eigenvalue weighted by Crippen LogP contribution is -2.29. The highest BCUT2D eigenvalue weighted by Gasteiger charge is 2.12. The molecule has 0 unspecified atom stereocenters. The van der Waals surface area contributed by atoms with Gasteiger partial charge in [-0.15, -0.1) is 0 Å². The van der Waals surface area contributed by atoms with Gasteiger partial charge in [0.1, 0.15) is 0 Å². The molecule has 2 rings (SSSR count). The van der Waals surface area contributed by atoms with Crippen LogP contribution in [0.5, 0.6) is 0 Å². The molecule has 0 saturated heterocycles. The number of sulfonamides is 1. The molecule has 0 bridgehead atoms. The fraction of sp³-hybridized carbons (Fsp3) is 0.294. The summed E-state index contributed by atoms with van der Waals surface area (Å²) in [4.78, 5) is 0. The number of hydrogen-bond donors (Lipinski definition) is 2. The summed E-state index contributed by atoms with van der Waals surface area (Å²) in [7, 11) is -3.32. The third kappa shape index (κ3) is 5.60. The third-order valence-electron chi connectivity index (χ3n) is 3.43. The highest BCUT2D eigenvalue weighted by Crippen LogP contribution is 2.15. The van der Waals surface area contributed by atoms with Crippen molar-refractivity contribution >= 4 is 10.0 Å². The van der Waals surface area contributed by atoms with Crippen molar-refractivity contribution in [3.05, 3.63) is 71.8 Å². The molecule has 0 aliphatic heterocycles. The molecule has 0 aromatic heterocycles. The molecule has 2 aromatic carbocycles. The maximum Gasteiger partial charge on any atom is 0.211 e. The fourth-order valence-corrected chi connectivity index (χ4v) is 3.24. The number of nitrogens with one attached hydrogen (secondary N) is 1. The van der Waals surface area contributed by atoms with E-state index in [1.807, 2.05) is 60.7 Å². The monoisotopic (exact) mass is 319 g/mol. The van der Waals surface area contributed by atoms with Crippen molar-refractivity contribution in [2.24, 2.45) is 0 Å². The predicted octanol–water partition coefficient (Wildman–Crippen LogP) is 2.27. The predicted molar refractivity (Wildman–Crippen MR) is 88.0 cm³/mol. The van der Waals surface area contributed by atoms with Gasteiger partial charge in [-0.3, -0.25) is 0 Å². The van der Waals surface area contributed by atoms with E-state index < -0.39 is 16.1 Å². The lowest BCUT2D eigenvalue weighted by molar-refractivity contribution is 0.169. The van der Waals surface area contributed by atoms with Crippen LogP contribution in [0.4, 0.5) is 0 Å². The maximum absolute atomic E-state index is 11.9. The number of rotatable bonds is 8. The van der Waals surface area contributed by atoms with Gasteiger partial charge in [0.05, 0.1) is 11.9 Å². The normalized spacial score (nSPS) is 13.0. The van der Waals surface area contributed by atoms with Crippen LogP contribution in [0.3, 0.4) is 0 Å². The quantitative estimate of drug-likeness (QED) is 0.784. The molecule has 5 heteroatoms. The summed E-state index contributed by atoms with van der Waals surface area (Å²) in [5, 5.41) is 9.99. The number of aryl methyl sites for hydroxylation is 1. The Kier molecular flexibility index (Phi) is 6.12. The summed E-state index contributed by atoms with van der Waals surface area (Å²) in [6, 6.07) is 18.7. The lowest BCUT2D eigenvalue weighted by atomic mass is 10.1. The highest BCUT2D eigenvalue weighted by molar-refractivity contribution is 7.89. The molecule has 1 atom stereocenters. The average Bonchev–Trinajstić information content (AvgIpc) is 2.55. The van der Waals surface area contributed by atoms with E-state index in [1.54, 1.807) is 0 Å². The highest BCUT2D eigenvalue weighted by atomic mass is 32.2. The van der Waals surface area contributed by atoms with E-state index in [2.05, 4.69) is 4.72 Å². The second-order valence-corrected chi connectivity index (χ2v) is 7.09. The van der Waals surface area contributed by atoms with Gasteiger partial charge in [-0.25, -0.2) is 13.1 Å². The standard InChI is InChI=1S/C17H21NO3S/c19-17(16-9-5-2-6-10-16)11-13-18-22(20,21)14-12-15-7-3-1-4-8-15/h1-10,17-19H,11-14H2/t17-/m0/s1. The molecule has 0 saturated carbocycles. The Morgan fingerprint density at radius 1 is 0.955 bits per heavy atom. The molecule has 22 heavy (non-hydrogen) atoms. The molecule has 0 spiro atoms. The minimum absolute atomic E-state index is 0.0540. The van der Waals surface area contributed by atoms with Gasteiger partial charge in [0.2, 0.25) is 10.0 Å². The first-order valence-corrected chi connectivity index (χ1v) is 8.96. The molecule has 2 aromatic rings. The maximum atomic E-state index is 11.9. The molecule has 0 radical (unpaired) electrons. The number of aliphatic hydroxyl groups excluding tert-OH is 1. The minimum Gasteiger partial charge on any atom is -0.388 e. The summed E-state index contributed by atoms with van der Waals surface area (Å²) in [6.07, 6.45) is 0.185. The zero-order valence-corrected chi connectivity index (χ0v) is 13.2. The molecule has 0 amide bonds. The van der Waals surface area contributed by atoms with Crippen LogP contribution in [0.1, 0.15) is 23.7 Å². The number of benzene rings is 2. The first kappa shape index (κ1) is 16.7. The van der Waals surface area contributed by atoms with Crippen LogP contribution < -0.4 is 4.72 Å². The van der Waals surface area contributed by atoms with Crippen molar-refractivity contribution in [1.29, 1.82) is 0 Å². The van der Waals surface area contributed by atoms with Crippen molar-refractivity contribution in [3.8, 4) is 0 Å². The number of hydrogen-bond acceptors (Lipinski definition) is 3. The van der Waals surface area contributed by atoms with Crippen molar-refractivity contribution in [3.63, 3.8) is 0 Å². The molecule has 0 heterocycles. The van der Waals surface area contributed by atoms with E-state index >= 15 is 0 Å². The van der Waals surface area contributed by atoms with Gasteiger partial charge >= 0.3 is 0 Å². The van der Waals surface area contributed by atoms with Gasteiger partial charge in [0.25, 0.3) is 0 Å². The summed E-state index contributed by atoms with van der Waals surface area (Å²) in [6.45, 7) is 0.229. The zero-order valence-electron chi connectivity index (χ0n) is 12.4. The molecule has 2 N–H and O–H groups in total. The van der Waals surface area contributed by atoms with Crippen LogP contribution in [-0.4, -0.2) is 25.8 Å². The van der Waals surface area contributed by atoms with Crippen LogP contribution in [0.15, 0.2) is 60.7 Å². The van der Waals surface area contributed by atoms with Crippen LogP contribution >= 0.6 is 0 Å².